The van der Waals surface area contributed by atoms with Crippen LogP contribution in [0.5, 0.6) is 5.75 Å². The van der Waals surface area contributed by atoms with Crippen LogP contribution in [0.4, 0.5) is 16.2 Å². The molecule has 29 heavy (non-hydrogen) atoms. The Kier molecular flexibility index (Phi) is 6.99. The number of hydrogen-bond acceptors (Lipinski definition) is 4. The van der Waals surface area contributed by atoms with Crippen molar-refractivity contribution in [2.45, 2.75) is 32.9 Å². The van der Waals surface area contributed by atoms with Gasteiger partial charge in [-0.15, -0.1) is 0 Å². The largest absolute Gasteiger partial charge is 0.471 e. The second-order valence-electron chi connectivity index (χ2n) is 7.89. The average Bonchev–Trinajstić information content (AvgIpc) is 2.69. The number of likely N-dealkylation sites (N-methyl/N-ethyl adjacent to an activating group) is 1. The first-order valence-electron chi connectivity index (χ1n) is 10.3. The molecule has 156 valence electrons. The molecule has 6 nitrogen and oxygen atoms in total. The standard InChI is InChI=1S/C23H32N4O2/c1-17(2)21-7-5-6-8-22(21)29-18(3)24-23(28)25-19-9-11-20(12-10-19)27-15-13-26(4)14-16-27/h5-12,17-18H,13-16H2,1-4H3,(H2,24,25,28). The van der Waals surface area contributed by atoms with Crippen LogP contribution in [0.1, 0.15) is 32.3 Å². The fourth-order valence-electron chi connectivity index (χ4n) is 3.46. The van der Waals surface area contributed by atoms with Crippen LogP contribution in [0.2, 0.25) is 0 Å². The fourth-order valence-corrected chi connectivity index (χ4v) is 3.46. The second-order valence-corrected chi connectivity index (χ2v) is 7.89. The maximum absolute atomic E-state index is 12.3. The van der Waals surface area contributed by atoms with Crippen molar-refractivity contribution in [3.05, 3.63) is 54.1 Å². The van der Waals surface area contributed by atoms with E-state index in [-0.39, 0.29) is 6.03 Å². The van der Waals surface area contributed by atoms with Crippen LogP contribution in [-0.2, 0) is 0 Å². The summed E-state index contributed by atoms with van der Waals surface area (Å²) in [6.07, 6.45) is -0.445. The summed E-state index contributed by atoms with van der Waals surface area (Å²) in [6.45, 7) is 10.3. The molecular weight excluding hydrogens is 364 g/mol. The van der Waals surface area contributed by atoms with E-state index in [1.165, 1.54) is 5.69 Å². The molecular formula is C23H32N4O2. The highest BCUT2D eigenvalue weighted by Crippen LogP contribution is 2.26. The number of amides is 2. The number of benzene rings is 2. The predicted molar refractivity (Wildman–Crippen MR) is 119 cm³/mol. The lowest BCUT2D eigenvalue weighted by molar-refractivity contribution is 0.181. The van der Waals surface area contributed by atoms with Gasteiger partial charge < -0.3 is 25.2 Å². The van der Waals surface area contributed by atoms with Crippen molar-refractivity contribution in [1.29, 1.82) is 0 Å². The zero-order valence-corrected chi connectivity index (χ0v) is 17.8. The van der Waals surface area contributed by atoms with Gasteiger partial charge in [-0.05, 0) is 55.8 Å². The second kappa shape index (κ2) is 9.65. The quantitative estimate of drug-likeness (QED) is 0.722. The third-order valence-electron chi connectivity index (χ3n) is 5.17. The molecule has 3 rings (SSSR count). The molecule has 1 atom stereocenters. The van der Waals surface area contributed by atoms with E-state index in [2.05, 4.69) is 59.5 Å². The Bertz CT molecular complexity index is 799. The summed E-state index contributed by atoms with van der Waals surface area (Å²) in [7, 11) is 2.15. The molecule has 0 radical (unpaired) electrons. The van der Waals surface area contributed by atoms with Gasteiger partial charge in [0.15, 0.2) is 6.23 Å². The summed E-state index contributed by atoms with van der Waals surface area (Å²) in [4.78, 5) is 17.0. The number of anilines is 2. The Hall–Kier alpha value is -2.73. The average molecular weight is 397 g/mol. The molecule has 0 bridgehead atoms. The normalized spacial score (nSPS) is 15.8. The van der Waals surface area contributed by atoms with E-state index in [9.17, 15) is 4.79 Å². The van der Waals surface area contributed by atoms with Crippen LogP contribution in [0.3, 0.4) is 0 Å². The van der Waals surface area contributed by atoms with Gasteiger partial charge in [-0.25, -0.2) is 4.79 Å². The molecule has 2 aromatic rings. The summed E-state index contributed by atoms with van der Waals surface area (Å²) in [5, 5.41) is 5.71. The molecule has 1 aliphatic rings. The molecule has 1 saturated heterocycles. The number of nitrogens with one attached hydrogen (secondary N) is 2. The molecule has 1 unspecified atom stereocenters. The first kappa shape index (κ1) is 21.0. The molecule has 1 aliphatic heterocycles. The Morgan fingerprint density at radius 3 is 2.28 bits per heavy atom. The van der Waals surface area contributed by atoms with Gasteiger partial charge >= 0.3 is 6.03 Å². The van der Waals surface area contributed by atoms with Gasteiger partial charge in [-0.2, -0.15) is 0 Å². The van der Waals surface area contributed by atoms with Crippen LogP contribution in [0.25, 0.3) is 0 Å². The van der Waals surface area contributed by atoms with Gasteiger partial charge in [-0.3, -0.25) is 0 Å². The van der Waals surface area contributed by atoms with Gasteiger partial charge in [-0.1, -0.05) is 32.0 Å². The van der Waals surface area contributed by atoms with Crippen LogP contribution in [0.15, 0.2) is 48.5 Å². The molecule has 2 amide bonds. The molecule has 0 aliphatic carbocycles. The lowest BCUT2D eigenvalue weighted by Crippen LogP contribution is -2.44. The van der Waals surface area contributed by atoms with Gasteiger partial charge in [0.05, 0.1) is 0 Å². The summed E-state index contributed by atoms with van der Waals surface area (Å²) in [6, 6.07) is 15.6. The number of piperazine rings is 1. The first-order chi connectivity index (χ1) is 13.9. The van der Waals surface area contributed by atoms with E-state index in [1.807, 2.05) is 37.3 Å². The van der Waals surface area contributed by atoms with Gasteiger partial charge in [0.1, 0.15) is 5.75 Å². The highest BCUT2D eigenvalue weighted by Gasteiger charge is 2.15. The minimum absolute atomic E-state index is 0.285. The third kappa shape index (κ3) is 5.87. The topological polar surface area (TPSA) is 56.8 Å². The third-order valence-corrected chi connectivity index (χ3v) is 5.17. The minimum atomic E-state index is -0.445. The minimum Gasteiger partial charge on any atom is -0.471 e. The SMILES string of the molecule is CC(NC(=O)Nc1ccc(N2CCN(C)CC2)cc1)Oc1ccccc1C(C)C. The van der Waals surface area contributed by atoms with E-state index < -0.39 is 6.23 Å². The Labute approximate surface area is 173 Å². The lowest BCUT2D eigenvalue weighted by Gasteiger charge is -2.34. The summed E-state index contributed by atoms with van der Waals surface area (Å²) in [5.41, 5.74) is 3.07. The Balaban J connectivity index is 1.51. The molecule has 2 N–H and O–H groups in total. The monoisotopic (exact) mass is 396 g/mol. The smallest absolute Gasteiger partial charge is 0.322 e. The highest BCUT2D eigenvalue weighted by atomic mass is 16.5. The lowest BCUT2D eigenvalue weighted by atomic mass is 10.0. The van der Waals surface area contributed by atoms with E-state index >= 15 is 0 Å². The Morgan fingerprint density at radius 2 is 1.62 bits per heavy atom. The van der Waals surface area contributed by atoms with Crippen molar-refractivity contribution in [2.24, 2.45) is 0 Å². The van der Waals surface area contributed by atoms with Crippen molar-refractivity contribution in [3.63, 3.8) is 0 Å². The number of carbonyl (C=O) groups excluding carboxylic acids is 1. The number of hydrogen-bond donors (Lipinski definition) is 2. The number of urea groups is 1. The van der Waals surface area contributed by atoms with Crippen LogP contribution < -0.4 is 20.3 Å². The predicted octanol–water partition coefficient (Wildman–Crippen LogP) is 4.11. The van der Waals surface area contributed by atoms with E-state index in [1.54, 1.807) is 0 Å². The molecule has 1 heterocycles. The fraction of sp³-hybridized carbons (Fsp3) is 0.435. The molecule has 0 aromatic heterocycles. The number of carbonyl (C=O) groups is 1. The molecule has 0 saturated carbocycles. The highest BCUT2D eigenvalue weighted by molar-refractivity contribution is 5.89. The van der Waals surface area contributed by atoms with Crippen LogP contribution in [-0.4, -0.2) is 50.4 Å². The number of nitrogens with zero attached hydrogens (tertiary/aromatic N) is 2. The molecule has 1 fully saturated rings. The molecule has 0 spiro atoms. The van der Waals surface area contributed by atoms with E-state index in [4.69, 9.17) is 4.74 Å². The maximum Gasteiger partial charge on any atom is 0.322 e. The molecule has 2 aromatic carbocycles. The maximum atomic E-state index is 12.3. The summed E-state index contributed by atoms with van der Waals surface area (Å²) in [5.74, 6) is 1.15. The van der Waals surface area contributed by atoms with Crippen molar-refractivity contribution >= 4 is 17.4 Å². The first-order valence-corrected chi connectivity index (χ1v) is 10.3. The van der Waals surface area contributed by atoms with Crippen LogP contribution >= 0.6 is 0 Å². The summed E-state index contributed by atoms with van der Waals surface area (Å²) < 4.78 is 5.94. The van der Waals surface area contributed by atoms with Crippen molar-refractivity contribution in [2.75, 3.05) is 43.4 Å². The van der Waals surface area contributed by atoms with Crippen LogP contribution in [0, 0.1) is 0 Å². The van der Waals surface area contributed by atoms with E-state index in [0.29, 0.717) is 5.92 Å². The number of ether oxygens (including phenoxy) is 1. The van der Waals surface area contributed by atoms with E-state index in [0.717, 1.165) is 43.2 Å². The van der Waals surface area contributed by atoms with Crippen molar-refractivity contribution in [3.8, 4) is 5.75 Å². The van der Waals surface area contributed by atoms with Crippen molar-refractivity contribution in [1.82, 2.24) is 10.2 Å². The zero-order valence-electron chi connectivity index (χ0n) is 17.8. The van der Waals surface area contributed by atoms with Crippen molar-refractivity contribution < 1.29 is 9.53 Å². The van der Waals surface area contributed by atoms with Gasteiger partial charge in [0.25, 0.3) is 0 Å². The zero-order chi connectivity index (χ0) is 20.8. The summed E-state index contributed by atoms with van der Waals surface area (Å²) >= 11 is 0. The van der Waals surface area contributed by atoms with Gasteiger partial charge in [0, 0.05) is 37.6 Å². The van der Waals surface area contributed by atoms with Gasteiger partial charge in [0.2, 0.25) is 0 Å². The Morgan fingerprint density at radius 1 is 0.966 bits per heavy atom. The number of para-hydroxylation sites is 1. The number of rotatable bonds is 6. The molecule has 6 heteroatoms.